The fraction of sp³-hybridized carbons (Fsp3) is 0.400. The van der Waals surface area contributed by atoms with Crippen LogP contribution in [0.3, 0.4) is 0 Å². The molecule has 0 atom stereocenters. The molecule has 0 bridgehead atoms. The smallest absolute Gasteiger partial charge is 0.345 e. The molecule has 3 aromatic rings. The number of piperazine rings is 1. The molecular formula is C25H29N3O5. The third kappa shape index (κ3) is 4.37. The van der Waals surface area contributed by atoms with Crippen molar-refractivity contribution in [1.82, 2.24) is 9.47 Å². The third-order valence-electron chi connectivity index (χ3n) is 5.79. The summed E-state index contributed by atoms with van der Waals surface area (Å²) in [5, 5.41) is 0.826. The molecule has 174 valence electrons. The Labute approximate surface area is 192 Å². The fourth-order valence-corrected chi connectivity index (χ4v) is 4.34. The van der Waals surface area contributed by atoms with Gasteiger partial charge in [0.1, 0.15) is 5.56 Å². The van der Waals surface area contributed by atoms with Crippen LogP contribution in [-0.2, 0) is 11.3 Å². The first-order valence-electron chi connectivity index (χ1n) is 11.3. The Balaban J connectivity index is 1.77. The lowest BCUT2D eigenvalue weighted by Gasteiger charge is -2.37. The summed E-state index contributed by atoms with van der Waals surface area (Å²) in [6, 6.07) is 11.0. The van der Waals surface area contributed by atoms with E-state index in [-0.39, 0.29) is 29.6 Å². The number of esters is 1. The van der Waals surface area contributed by atoms with E-state index in [1.165, 1.54) is 6.26 Å². The van der Waals surface area contributed by atoms with Crippen molar-refractivity contribution in [3.05, 3.63) is 64.3 Å². The molecule has 0 N–H and O–H groups in total. The molecule has 3 heterocycles. The number of para-hydroxylation sites is 1. The van der Waals surface area contributed by atoms with Crippen molar-refractivity contribution >= 4 is 28.5 Å². The average Bonchev–Trinajstić information content (AvgIpc) is 3.35. The number of aromatic nitrogens is 1. The number of amides is 1. The Bertz CT molecular complexity index is 1200. The van der Waals surface area contributed by atoms with Crippen molar-refractivity contribution in [1.29, 1.82) is 0 Å². The first kappa shape index (κ1) is 22.6. The molecule has 1 saturated heterocycles. The minimum atomic E-state index is -0.616. The molecule has 1 fully saturated rings. The number of rotatable bonds is 6. The molecule has 2 aromatic heterocycles. The van der Waals surface area contributed by atoms with Crippen molar-refractivity contribution in [3.63, 3.8) is 0 Å². The fourth-order valence-electron chi connectivity index (χ4n) is 4.34. The second-order valence-corrected chi connectivity index (χ2v) is 8.53. The number of hydrogen-bond acceptors (Lipinski definition) is 6. The Morgan fingerprint density at radius 1 is 1.06 bits per heavy atom. The second-order valence-electron chi connectivity index (χ2n) is 8.53. The highest BCUT2D eigenvalue weighted by Crippen LogP contribution is 2.31. The van der Waals surface area contributed by atoms with Crippen LogP contribution in [0.1, 0.15) is 41.7 Å². The Morgan fingerprint density at radius 2 is 1.79 bits per heavy atom. The predicted molar refractivity (Wildman–Crippen MR) is 126 cm³/mol. The minimum absolute atomic E-state index is 0.0574. The summed E-state index contributed by atoms with van der Waals surface area (Å²) in [5.74, 6) is -0.252. The lowest BCUT2D eigenvalue weighted by atomic mass is 10.0. The average molecular weight is 452 g/mol. The first-order valence-corrected chi connectivity index (χ1v) is 11.3. The number of ether oxygens (including phenoxy) is 1. The van der Waals surface area contributed by atoms with Gasteiger partial charge in [-0.2, -0.15) is 0 Å². The van der Waals surface area contributed by atoms with Gasteiger partial charge >= 0.3 is 5.97 Å². The molecule has 0 aliphatic carbocycles. The lowest BCUT2D eigenvalue weighted by molar-refractivity contribution is 0.0523. The highest BCUT2D eigenvalue weighted by molar-refractivity contribution is 6.05. The molecule has 0 radical (unpaired) electrons. The third-order valence-corrected chi connectivity index (χ3v) is 5.79. The summed E-state index contributed by atoms with van der Waals surface area (Å²) in [6.45, 7) is 8.34. The quantitative estimate of drug-likeness (QED) is 0.534. The highest BCUT2D eigenvalue weighted by atomic mass is 16.5. The zero-order chi connectivity index (χ0) is 23.5. The summed E-state index contributed by atoms with van der Waals surface area (Å²) in [7, 11) is 0. The van der Waals surface area contributed by atoms with Gasteiger partial charge in [0.05, 0.1) is 24.1 Å². The minimum Gasteiger partial charge on any atom is -0.462 e. The number of carbonyl (C=O) groups is 2. The van der Waals surface area contributed by atoms with E-state index in [1.54, 1.807) is 28.5 Å². The number of nitrogens with zero attached hydrogens (tertiary/aromatic N) is 3. The van der Waals surface area contributed by atoms with Gasteiger partial charge in [0, 0.05) is 38.1 Å². The molecular weight excluding hydrogens is 422 g/mol. The van der Waals surface area contributed by atoms with Gasteiger partial charge < -0.3 is 23.5 Å². The van der Waals surface area contributed by atoms with E-state index in [1.807, 2.05) is 43.0 Å². The number of pyridine rings is 1. The van der Waals surface area contributed by atoms with E-state index in [0.717, 1.165) is 10.9 Å². The lowest BCUT2D eigenvalue weighted by Crippen LogP contribution is -2.49. The molecule has 8 heteroatoms. The summed E-state index contributed by atoms with van der Waals surface area (Å²) in [5.41, 5.74) is 1.08. The van der Waals surface area contributed by atoms with Crippen LogP contribution in [-0.4, -0.2) is 54.1 Å². The summed E-state index contributed by atoms with van der Waals surface area (Å²) < 4.78 is 12.2. The van der Waals surface area contributed by atoms with Gasteiger partial charge in [-0.05, 0) is 31.0 Å². The Morgan fingerprint density at radius 3 is 2.42 bits per heavy atom. The Hall–Kier alpha value is -3.55. The van der Waals surface area contributed by atoms with Crippen LogP contribution in [0.4, 0.5) is 5.69 Å². The largest absolute Gasteiger partial charge is 0.462 e. The van der Waals surface area contributed by atoms with E-state index in [9.17, 15) is 14.4 Å². The van der Waals surface area contributed by atoms with Gasteiger partial charge in [-0.3, -0.25) is 9.59 Å². The highest BCUT2D eigenvalue weighted by Gasteiger charge is 2.30. The van der Waals surface area contributed by atoms with Gasteiger partial charge in [-0.15, -0.1) is 0 Å². The van der Waals surface area contributed by atoms with E-state index in [0.29, 0.717) is 44.2 Å². The van der Waals surface area contributed by atoms with Gasteiger partial charge in [-0.1, -0.05) is 32.0 Å². The maximum atomic E-state index is 13.6. The number of carbonyl (C=O) groups excluding carboxylic acids is 2. The van der Waals surface area contributed by atoms with E-state index in [4.69, 9.17) is 9.15 Å². The SMILES string of the molecule is CCOC(=O)c1c(N2CCN(C(=O)c3ccco3)CC2)c2ccccc2n(CC(C)C)c1=O. The van der Waals surface area contributed by atoms with E-state index < -0.39 is 5.97 Å². The molecule has 4 rings (SSSR count). The van der Waals surface area contributed by atoms with E-state index >= 15 is 0 Å². The van der Waals surface area contributed by atoms with E-state index in [2.05, 4.69) is 0 Å². The summed E-state index contributed by atoms with van der Waals surface area (Å²) in [4.78, 5) is 43.0. The zero-order valence-corrected chi connectivity index (χ0v) is 19.2. The predicted octanol–water partition coefficient (Wildman–Crippen LogP) is 3.39. The van der Waals surface area contributed by atoms with Crippen LogP contribution in [0.25, 0.3) is 10.9 Å². The van der Waals surface area contributed by atoms with Crippen LogP contribution in [0.2, 0.25) is 0 Å². The molecule has 1 aromatic carbocycles. The second kappa shape index (κ2) is 9.52. The van der Waals surface area contributed by atoms with Gasteiger partial charge in [-0.25, -0.2) is 4.79 Å². The topological polar surface area (TPSA) is 85.0 Å². The monoisotopic (exact) mass is 451 g/mol. The molecule has 1 aliphatic rings. The Kier molecular flexibility index (Phi) is 6.53. The maximum absolute atomic E-state index is 13.6. The van der Waals surface area contributed by atoms with Crippen molar-refractivity contribution < 1.29 is 18.7 Å². The van der Waals surface area contributed by atoms with Gasteiger partial charge in [0.25, 0.3) is 11.5 Å². The number of hydrogen-bond donors (Lipinski definition) is 0. The van der Waals surface area contributed by atoms with Crippen molar-refractivity contribution in [3.8, 4) is 0 Å². The molecule has 0 saturated carbocycles. The number of anilines is 1. The van der Waals surface area contributed by atoms with Crippen molar-refractivity contribution in [2.75, 3.05) is 37.7 Å². The van der Waals surface area contributed by atoms with Gasteiger partial charge in [0.2, 0.25) is 0 Å². The van der Waals surface area contributed by atoms with Crippen molar-refractivity contribution in [2.24, 2.45) is 5.92 Å². The van der Waals surface area contributed by atoms with Crippen LogP contribution >= 0.6 is 0 Å². The summed E-state index contributed by atoms with van der Waals surface area (Å²) in [6.07, 6.45) is 1.48. The van der Waals surface area contributed by atoms with Crippen LogP contribution in [0, 0.1) is 5.92 Å². The zero-order valence-electron chi connectivity index (χ0n) is 19.2. The first-order chi connectivity index (χ1) is 15.9. The summed E-state index contributed by atoms with van der Waals surface area (Å²) >= 11 is 0. The maximum Gasteiger partial charge on any atom is 0.345 e. The standard InChI is InChI=1S/C25H29N3O5/c1-4-32-25(31)21-22(18-8-5-6-9-19(18)28(24(21)30)16-17(2)3)26-11-13-27(14-12-26)23(29)20-10-7-15-33-20/h5-10,15,17H,4,11-14,16H2,1-3H3. The van der Waals surface area contributed by atoms with Gasteiger partial charge in [0.15, 0.2) is 5.76 Å². The molecule has 8 nitrogen and oxygen atoms in total. The molecule has 33 heavy (non-hydrogen) atoms. The van der Waals surface area contributed by atoms with Crippen LogP contribution in [0.5, 0.6) is 0 Å². The molecule has 0 unspecified atom stereocenters. The van der Waals surface area contributed by atoms with Crippen molar-refractivity contribution in [2.45, 2.75) is 27.3 Å². The molecule has 1 amide bonds. The normalized spacial score (nSPS) is 14.2. The van der Waals surface area contributed by atoms with Crippen LogP contribution < -0.4 is 10.5 Å². The molecule has 1 aliphatic heterocycles. The number of furan rings is 1. The molecule has 0 spiro atoms. The number of benzene rings is 1. The number of fused-ring (bicyclic) bond motifs is 1. The van der Waals surface area contributed by atoms with Crippen LogP contribution in [0.15, 0.2) is 51.9 Å².